The van der Waals surface area contributed by atoms with Crippen LogP contribution in [0.15, 0.2) is 0 Å². The number of hydrogen-bond acceptors (Lipinski definition) is 5. The molecule has 25 heavy (non-hydrogen) atoms. The van der Waals surface area contributed by atoms with Crippen molar-refractivity contribution >= 4 is 11.8 Å². The molecule has 1 unspecified atom stereocenters. The van der Waals surface area contributed by atoms with Crippen molar-refractivity contribution in [1.82, 2.24) is 15.1 Å². The number of hydrogen-bond donors (Lipinski definition) is 1. The lowest BCUT2D eigenvalue weighted by Crippen LogP contribution is -2.47. The van der Waals surface area contributed by atoms with Crippen molar-refractivity contribution in [2.75, 3.05) is 59.6 Å². The van der Waals surface area contributed by atoms with Crippen LogP contribution in [0.5, 0.6) is 0 Å². The van der Waals surface area contributed by atoms with E-state index in [2.05, 4.69) is 10.2 Å². The van der Waals surface area contributed by atoms with Crippen molar-refractivity contribution in [3.63, 3.8) is 0 Å². The van der Waals surface area contributed by atoms with E-state index in [-0.39, 0.29) is 24.5 Å². The third kappa shape index (κ3) is 7.30. The van der Waals surface area contributed by atoms with Gasteiger partial charge in [0.2, 0.25) is 11.8 Å². The van der Waals surface area contributed by atoms with E-state index in [0.717, 1.165) is 65.1 Å². The molecule has 0 aromatic rings. The summed E-state index contributed by atoms with van der Waals surface area (Å²) in [7, 11) is 1.73. The maximum absolute atomic E-state index is 12.5. The number of nitrogens with zero attached hydrogens (tertiary/aromatic N) is 2. The molecule has 2 aliphatic rings. The summed E-state index contributed by atoms with van der Waals surface area (Å²) in [4.78, 5) is 28.0. The van der Waals surface area contributed by atoms with E-state index in [1.807, 2.05) is 4.90 Å². The number of nitrogens with one attached hydrogen (secondary N) is 1. The number of methoxy groups -OCH3 is 1. The lowest BCUT2D eigenvalue weighted by atomic mass is 9.96. The van der Waals surface area contributed by atoms with Crippen LogP contribution in [0.25, 0.3) is 0 Å². The molecule has 2 heterocycles. The number of carbonyl (C=O) groups is 2. The second kappa shape index (κ2) is 10.7. The highest BCUT2D eigenvalue weighted by molar-refractivity contribution is 5.83. The Balaban J connectivity index is 1.82. The number of amides is 2. The molecule has 0 aliphatic carbocycles. The largest absolute Gasteiger partial charge is 0.383 e. The van der Waals surface area contributed by atoms with Gasteiger partial charge in [0.05, 0.1) is 19.3 Å². The maximum Gasteiger partial charge on any atom is 0.242 e. The van der Waals surface area contributed by atoms with E-state index in [9.17, 15) is 9.59 Å². The SMILES string of the molecule is COCCN1CCC(CN(CC2CCCO2)C(=O)CNC(C)=O)CC1. The molecule has 0 saturated carbocycles. The van der Waals surface area contributed by atoms with Crippen LogP contribution < -0.4 is 5.32 Å². The van der Waals surface area contributed by atoms with E-state index >= 15 is 0 Å². The van der Waals surface area contributed by atoms with Gasteiger partial charge >= 0.3 is 0 Å². The highest BCUT2D eigenvalue weighted by Gasteiger charge is 2.27. The molecular formula is C18H33N3O4. The van der Waals surface area contributed by atoms with E-state index in [1.54, 1.807) is 7.11 Å². The summed E-state index contributed by atoms with van der Waals surface area (Å²) in [6, 6.07) is 0. The van der Waals surface area contributed by atoms with Crippen molar-refractivity contribution < 1.29 is 19.1 Å². The highest BCUT2D eigenvalue weighted by atomic mass is 16.5. The van der Waals surface area contributed by atoms with Crippen LogP contribution >= 0.6 is 0 Å². The minimum atomic E-state index is -0.170. The van der Waals surface area contributed by atoms with Gasteiger partial charge in [-0.05, 0) is 44.7 Å². The average molecular weight is 355 g/mol. The molecule has 2 saturated heterocycles. The molecule has 0 spiro atoms. The third-order valence-electron chi connectivity index (χ3n) is 5.09. The molecular weight excluding hydrogens is 322 g/mol. The van der Waals surface area contributed by atoms with Gasteiger partial charge in [-0.2, -0.15) is 0 Å². The lowest BCUT2D eigenvalue weighted by molar-refractivity contribution is -0.134. The fourth-order valence-electron chi connectivity index (χ4n) is 3.55. The van der Waals surface area contributed by atoms with E-state index in [0.29, 0.717) is 12.5 Å². The Morgan fingerprint density at radius 3 is 2.60 bits per heavy atom. The Morgan fingerprint density at radius 2 is 2.00 bits per heavy atom. The highest BCUT2D eigenvalue weighted by Crippen LogP contribution is 2.20. The van der Waals surface area contributed by atoms with Crippen LogP contribution in [-0.2, 0) is 19.1 Å². The molecule has 2 rings (SSSR count). The van der Waals surface area contributed by atoms with Crippen LogP contribution in [-0.4, -0.2) is 87.3 Å². The van der Waals surface area contributed by atoms with Crippen molar-refractivity contribution in [3.05, 3.63) is 0 Å². The zero-order chi connectivity index (χ0) is 18.1. The Morgan fingerprint density at radius 1 is 1.24 bits per heavy atom. The zero-order valence-electron chi connectivity index (χ0n) is 15.7. The van der Waals surface area contributed by atoms with Crippen LogP contribution in [0.4, 0.5) is 0 Å². The molecule has 0 bridgehead atoms. The Hall–Kier alpha value is -1.18. The first-order valence-corrected chi connectivity index (χ1v) is 9.43. The first kappa shape index (κ1) is 20.1. The average Bonchev–Trinajstić information content (AvgIpc) is 3.11. The van der Waals surface area contributed by atoms with Crippen LogP contribution in [0.1, 0.15) is 32.6 Å². The Kier molecular flexibility index (Phi) is 8.64. The van der Waals surface area contributed by atoms with Gasteiger partial charge < -0.3 is 24.6 Å². The summed E-state index contributed by atoms with van der Waals surface area (Å²) < 4.78 is 10.9. The molecule has 1 atom stereocenters. The molecule has 0 aromatic carbocycles. The summed E-state index contributed by atoms with van der Waals surface area (Å²) in [6.45, 7) is 7.57. The zero-order valence-corrected chi connectivity index (χ0v) is 15.7. The second-order valence-electron chi connectivity index (χ2n) is 7.12. The summed E-state index contributed by atoms with van der Waals surface area (Å²) in [5.41, 5.74) is 0. The third-order valence-corrected chi connectivity index (χ3v) is 5.09. The number of likely N-dealkylation sites (tertiary alicyclic amines) is 1. The van der Waals surface area contributed by atoms with Gasteiger partial charge in [0.15, 0.2) is 0 Å². The molecule has 2 aliphatic heterocycles. The van der Waals surface area contributed by atoms with Gasteiger partial charge in [0.25, 0.3) is 0 Å². The molecule has 1 N–H and O–H groups in total. The smallest absolute Gasteiger partial charge is 0.242 e. The van der Waals surface area contributed by atoms with Gasteiger partial charge in [-0.3, -0.25) is 9.59 Å². The molecule has 144 valence electrons. The first-order chi connectivity index (χ1) is 12.1. The van der Waals surface area contributed by atoms with Crippen LogP contribution in [0, 0.1) is 5.92 Å². The van der Waals surface area contributed by atoms with Crippen LogP contribution in [0.3, 0.4) is 0 Å². The molecule has 2 amide bonds. The van der Waals surface area contributed by atoms with Gasteiger partial charge in [-0.15, -0.1) is 0 Å². The minimum absolute atomic E-state index is 0.00693. The first-order valence-electron chi connectivity index (χ1n) is 9.43. The fraction of sp³-hybridized carbons (Fsp3) is 0.889. The topological polar surface area (TPSA) is 71.1 Å². The number of ether oxygens (including phenoxy) is 2. The standard InChI is InChI=1S/C18H33N3O4/c1-15(22)19-12-18(23)21(14-17-4-3-10-25-17)13-16-5-7-20(8-6-16)9-11-24-2/h16-17H,3-14H2,1-2H3,(H,19,22). The molecule has 0 radical (unpaired) electrons. The summed E-state index contributed by atoms with van der Waals surface area (Å²) >= 11 is 0. The fourth-order valence-corrected chi connectivity index (χ4v) is 3.55. The molecule has 2 fully saturated rings. The predicted molar refractivity (Wildman–Crippen MR) is 95.3 cm³/mol. The molecule has 7 nitrogen and oxygen atoms in total. The van der Waals surface area contributed by atoms with E-state index in [1.165, 1.54) is 6.92 Å². The summed E-state index contributed by atoms with van der Waals surface area (Å²) in [5.74, 6) is 0.339. The normalized spacial score (nSPS) is 22.1. The number of rotatable bonds is 9. The van der Waals surface area contributed by atoms with Crippen molar-refractivity contribution in [3.8, 4) is 0 Å². The van der Waals surface area contributed by atoms with Crippen molar-refractivity contribution in [2.24, 2.45) is 5.92 Å². The summed E-state index contributed by atoms with van der Waals surface area (Å²) in [6.07, 6.45) is 4.41. The van der Waals surface area contributed by atoms with E-state index < -0.39 is 0 Å². The second-order valence-corrected chi connectivity index (χ2v) is 7.12. The monoisotopic (exact) mass is 355 g/mol. The minimum Gasteiger partial charge on any atom is -0.383 e. The van der Waals surface area contributed by atoms with Crippen LogP contribution in [0.2, 0.25) is 0 Å². The van der Waals surface area contributed by atoms with Crippen molar-refractivity contribution in [1.29, 1.82) is 0 Å². The van der Waals surface area contributed by atoms with Crippen molar-refractivity contribution in [2.45, 2.75) is 38.7 Å². The van der Waals surface area contributed by atoms with Gasteiger partial charge in [0.1, 0.15) is 0 Å². The van der Waals surface area contributed by atoms with Gasteiger partial charge in [-0.1, -0.05) is 0 Å². The van der Waals surface area contributed by atoms with Gasteiger partial charge in [-0.25, -0.2) is 0 Å². The van der Waals surface area contributed by atoms with E-state index in [4.69, 9.17) is 9.47 Å². The Labute approximate surface area is 151 Å². The predicted octanol–water partition coefficient (Wildman–Crippen LogP) is 0.489. The summed E-state index contributed by atoms with van der Waals surface area (Å²) in [5, 5.41) is 2.63. The van der Waals surface area contributed by atoms with Gasteiger partial charge in [0, 0.05) is 40.3 Å². The molecule has 7 heteroatoms. The lowest BCUT2D eigenvalue weighted by Gasteiger charge is -2.35. The quantitative estimate of drug-likeness (QED) is 0.652. The Bertz CT molecular complexity index is 419. The molecule has 0 aromatic heterocycles. The maximum atomic E-state index is 12.5. The number of piperidine rings is 1. The number of carbonyl (C=O) groups excluding carboxylic acids is 2.